The molecule has 3 amide bonds. The maximum atomic E-state index is 12.3. The Morgan fingerprint density at radius 2 is 1.72 bits per heavy atom. The van der Waals surface area contributed by atoms with Gasteiger partial charge in [0, 0.05) is 26.2 Å². The van der Waals surface area contributed by atoms with Gasteiger partial charge in [0.15, 0.2) is 0 Å². The van der Waals surface area contributed by atoms with Crippen molar-refractivity contribution in [2.45, 2.75) is 13.3 Å². The first-order valence-corrected chi connectivity index (χ1v) is 9.47. The average Bonchev–Trinajstić information content (AvgIpc) is 2.51. The molecule has 0 bridgehead atoms. The number of carbonyl (C=O) groups excluding carboxylic acids is 2. The van der Waals surface area contributed by atoms with Crippen LogP contribution in [0.25, 0.3) is 0 Å². The molecule has 0 fully saturated rings. The Balaban J connectivity index is 2.16. The number of rotatable bonds is 5. The topological polar surface area (TPSA) is 70.2 Å². The molecule has 3 N–H and O–H groups in total. The summed E-state index contributed by atoms with van der Waals surface area (Å²) < 4.78 is 1.64. The first-order valence-electron chi connectivity index (χ1n) is 7.51. The number of amides is 3. The highest BCUT2D eigenvalue weighted by atomic mass is 79.9. The molecule has 2 aromatic rings. The Bertz CT molecular complexity index is 779. The SMILES string of the molecule is CCCNC(=O)c1ccc(Cl)cc1NC(=O)Nc1cc(Br)cc(Br)c1. The second-order valence-corrected chi connectivity index (χ2v) is 7.45. The number of urea groups is 1. The standard InChI is InChI=1S/C17H16Br2ClN3O2/c1-2-5-21-16(24)14-4-3-12(20)9-15(14)23-17(25)22-13-7-10(18)6-11(19)8-13/h3-4,6-9H,2,5H2,1H3,(H,21,24)(H2,22,23,25). The summed E-state index contributed by atoms with van der Waals surface area (Å²) in [4.78, 5) is 24.5. The fourth-order valence-electron chi connectivity index (χ4n) is 2.06. The van der Waals surface area contributed by atoms with Gasteiger partial charge in [0.25, 0.3) is 5.91 Å². The normalized spacial score (nSPS) is 10.2. The first-order chi connectivity index (χ1) is 11.9. The van der Waals surface area contributed by atoms with E-state index in [1.54, 1.807) is 30.3 Å². The van der Waals surface area contributed by atoms with Crippen molar-refractivity contribution >= 4 is 66.8 Å². The number of hydrogen-bond donors (Lipinski definition) is 3. The first kappa shape index (κ1) is 19.8. The van der Waals surface area contributed by atoms with Gasteiger partial charge in [0.1, 0.15) is 0 Å². The molecule has 0 heterocycles. The summed E-state index contributed by atoms with van der Waals surface area (Å²) in [5.41, 5.74) is 1.29. The maximum Gasteiger partial charge on any atom is 0.323 e. The van der Waals surface area contributed by atoms with Gasteiger partial charge in [-0.05, 0) is 42.8 Å². The molecule has 0 spiro atoms. The van der Waals surface area contributed by atoms with Crippen molar-refractivity contribution in [3.8, 4) is 0 Å². The van der Waals surface area contributed by atoms with E-state index in [1.807, 2.05) is 13.0 Å². The highest BCUT2D eigenvalue weighted by Gasteiger charge is 2.14. The number of nitrogens with one attached hydrogen (secondary N) is 3. The third-order valence-electron chi connectivity index (χ3n) is 3.13. The average molecular weight is 490 g/mol. The highest BCUT2D eigenvalue weighted by Crippen LogP contribution is 2.24. The summed E-state index contributed by atoms with van der Waals surface area (Å²) in [6.45, 7) is 2.52. The van der Waals surface area contributed by atoms with Crippen molar-refractivity contribution in [2.24, 2.45) is 0 Å². The van der Waals surface area contributed by atoms with Crippen molar-refractivity contribution < 1.29 is 9.59 Å². The summed E-state index contributed by atoms with van der Waals surface area (Å²) in [5, 5.41) is 8.59. The zero-order valence-corrected chi connectivity index (χ0v) is 17.3. The van der Waals surface area contributed by atoms with Crippen molar-refractivity contribution in [1.29, 1.82) is 0 Å². The zero-order chi connectivity index (χ0) is 18.4. The van der Waals surface area contributed by atoms with E-state index in [1.165, 1.54) is 0 Å². The molecule has 25 heavy (non-hydrogen) atoms. The highest BCUT2D eigenvalue weighted by molar-refractivity contribution is 9.11. The summed E-state index contributed by atoms with van der Waals surface area (Å²) in [7, 11) is 0. The molecule has 0 atom stereocenters. The Hall–Kier alpha value is -1.57. The predicted octanol–water partition coefficient (Wildman–Crippen LogP) is 5.65. The van der Waals surface area contributed by atoms with Gasteiger partial charge in [-0.3, -0.25) is 4.79 Å². The lowest BCUT2D eigenvalue weighted by molar-refractivity contribution is 0.0954. The van der Waals surface area contributed by atoms with E-state index >= 15 is 0 Å². The summed E-state index contributed by atoms with van der Waals surface area (Å²) in [6, 6.07) is 9.63. The van der Waals surface area contributed by atoms with Gasteiger partial charge < -0.3 is 16.0 Å². The van der Waals surface area contributed by atoms with E-state index in [2.05, 4.69) is 47.8 Å². The number of carbonyl (C=O) groups is 2. The quantitative estimate of drug-likeness (QED) is 0.508. The van der Waals surface area contributed by atoms with Crippen molar-refractivity contribution in [2.75, 3.05) is 17.2 Å². The molecule has 0 saturated carbocycles. The largest absolute Gasteiger partial charge is 0.352 e. The van der Waals surface area contributed by atoms with Crippen LogP contribution < -0.4 is 16.0 Å². The van der Waals surface area contributed by atoms with Gasteiger partial charge in [-0.25, -0.2) is 4.79 Å². The van der Waals surface area contributed by atoms with Crippen LogP contribution in [0.1, 0.15) is 23.7 Å². The van der Waals surface area contributed by atoms with Gasteiger partial charge in [0.2, 0.25) is 0 Å². The Kier molecular flexibility index (Phi) is 7.28. The number of hydrogen-bond acceptors (Lipinski definition) is 2. The van der Waals surface area contributed by atoms with E-state index in [0.717, 1.165) is 15.4 Å². The monoisotopic (exact) mass is 487 g/mol. The Morgan fingerprint density at radius 3 is 2.36 bits per heavy atom. The van der Waals surface area contributed by atoms with Crippen LogP contribution in [-0.2, 0) is 0 Å². The molecular formula is C17H16Br2ClN3O2. The van der Waals surface area contributed by atoms with Crippen LogP contribution >= 0.6 is 43.5 Å². The fourth-order valence-corrected chi connectivity index (χ4v) is 3.53. The van der Waals surface area contributed by atoms with Crippen LogP contribution in [0.2, 0.25) is 5.02 Å². The second-order valence-electron chi connectivity index (χ2n) is 5.18. The Labute approximate surface area is 167 Å². The number of halogens is 3. The van der Waals surface area contributed by atoms with Gasteiger partial charge in [-0.1, -0.05) is 50.4 Å². The molecule has 0 unspecified atom stereocenters. The zero-order valence-electron chi connectivity index (χ0n) is 13.3. The number of anilines is 2. The predicted molar refractivity (Wildman–Crippen MR) is 109 cm³/mol. The minimum atomic E-state index is -0.475. The second kappa shape index (κ2) is 9.22. The molecule has 5 nitrogen and oxygen atoms in total. The molecule has 0 aliphatic carbocycles. The van der Waals surface area contributed by atoms with Crippen molar-refractivity contribution in [3.63, 3.8) is 0 Å². The third kappa shape index (κ3) is 6.02. The lowest BCUT2D eigenvalue weighted by Gasteiger charge is -2.13. The minimum absolute atomic E-state index is 0.265. The molecule has 0 radical (unpaired) electrons. The smallest absolute Gasteiger partial charge is 0.323 e. The van der Waals surface area contributed by atoms with E-state index in [0.29, 0.717) is 28.5 Å². The molecule has 132 valence electrons. The Morgan fingerprint density at radius 1 is 1.04 bits per heavy atom. The van der Waals surface area contributed by atoms with Crippen molar-refractivity contribution in [1.82, 2.24) is 5.32 Å². The molecule has 0 aliphatic heterocycles. The van der Waals surface area contributed by atoms with Gasteiger partial charge >= 0.3 is 6.03 Å². The van der Waals surface area contributed by atoms with E-state index in [-0.39, 0.29) is 5.91 Å². The van der Waals surface area contributed by atoms with Crippen LogP contribution in [0.3, 0.4) is 0 Å². The van der Waals surface area contributed by atoms with Crippen LogP contribution in [-0.4, -0.2) is 18.5 Å². The molecule has 8 heteroatoms. The lowest BCUT2D eigenvalue weighted by atomic mass is 10.1. The summed E-state index contributed by atoms with van der Waals surface area (Å²) >= 11 is 12.7. The molecule has 2 rings (SSSR count). The summed E-state index contributed by atoms with van der Waals surface area (Å²) in [6.07, 6.45) is 0.820. The molecule has 0 aliphatic rings. The van der Waals surface area contributed by atoms with E-state index < -0.39 is 6.03 Å². The van der Waals surface area contributed by atoms with Crippen molar-refractivity contribution in [3.05, 3.63) is 55.9 Å². The molecule has 0 aromatic heterocycles. The van der Waals surface area contributed by atoms with Crippen LogP contribution in [0.4, 0.5) is 16.2 Å². The molecule has 2 aromatic carbocycles. The summed E-state index contributed by atoms with van der Waals surface area (Å²) in [5.74, 6) is -0.265. The third-order valence-corrected chi connectivity index (χ3v) is 4.28. The van der Waals surface area contributed by atoms with Gasteiger partial charge in [-0.15, -0.1) is 0 Å². The van der Waals surface area contributed by atoms with Gasteiger partial charge in [-0.2, -0.15) is 0 Å². The van der Waals surface area contributed by atoms with E-state index in [9.17, 15) is 9.59 Å². The minimum Gasteiger partial charge on any atom is -0.352 e. The van der Waals surface area contributed by atoms with Crippen LogP contribution in [0.5, 0.6) is 0 Å². The lowest BCUT2D eigenvalue weighted by Crippen LogP contribution is -2.27. The molecule has 0 saturated heterocycles. The van der Waals surface area contributed by atoms with Crippen LogP contribution in [0.15, 0.2) is 45.3 Å². The number of benzene rings is 2. The molecular weight excluding hydrogens is 473 g/mol. The fraction of sp³-hybridized carbons (Fsp3) is 0.176. The van der Waals surface area contributed by atoms with Gasteiger partial charge in [0.05, 0.1) is 11.3 Å². The van der Waals surface area contributed by atoms with Crippen LogP contribution in [0, 0.1) is 0 Å². The van der Waals surface area contributed by atoms with E-state index in [4.69, 9.17) is 11.6 Å². The maximum absolute atomic E-state index is 12.3.